The average molecular weight is 533 g/mol. The van der Waals surface area contributed by atoms with E-state index in [4.69, 9.17) is 9.47 Å². The molecule has 0 heterocycles. The molecule has 4 aliphatic rings. The molecule has 0 amide bonds. The standard InChI is InChI=1S/C30H44O8/c1-7-8-9-10-11-12-22(33)38-29-15-18(3)28-14-17(2)26(37-19(4)32)30(28,36)24(34)20(16-31)13-21(25(28)35)23(29)27(29,5)6/h13-14,18,21,23-24,26,31,34,36H,7-12,15-16H2,1-6H3/t18-,21+,23-,24-,26+,28+,29+,30+/m1/s1. The molecule has 0 radical (unpaired) electrons. The molecular formula is C30H44O8. The van der Waals surface area contributed by atoms with E-state index in [0.29, 0.717) is 18.4 Å². The smallest absolute Gasteiger partial charge is 0.306 e. The average Bonchev–Trinajstić information content (AvgIpc) is 3.24. The van der Waals surface area contributed by atoms with Gasteiger partial charge in [-0.15, -0.1) is 0 Å². The van der Waals surface area contributed by atoms with E-state index < -0.39 is 58.7 Å². The second-order valence-electron chi connectivity index (χ2n) is 12.6. The number of esters is 2. The van der Waals surface area contributed by atoms with E-state index in [1.54, 1.807) is 19.1 Å². The van der Waals surface area contributed by atoms with Gasteiger partial charge in [0.15, 0.2) is 17.5 Å². The van der Waals surface area contributed by atoms with Gasteiger partial charge in [-0.25, -0.2) is 0 Å². The van der Waals surface area contributed by atoms with Crippen LogP contribution in [0.2, 0.25) is 0 Å². The van der Waals surface area contributed by atoms with E-state index in [9.17, 15) is 29.7 Å². The minimum Gasteiger partial charge on any atom is -0.458 e. The number of Topliss-reactive ketones (excluding diaryl/α,β-unsaturated/α-hetero) is 1. The van der Waals surface area contributed by atoms with Crippen LogP contribution in [0.25, 0.3) is 0 Å². The molecule has 1 spiro atoms. The number of fused-ring (bicyclic) bond motifs is 3. The Hall–Kier alpha value is -2.03. The fraction of sp³-hybridized carbons (Fsp3) is 0.767. The molecule has 2 bridgehead atoms. The summed E-state index contributed by atoms with van der Waals surface area (Å²) in [5.41, 5.74) is -4.71. The van der Waals surface area contributed by atoms with Gasteiger partial charge in [-0.2, -0.15) is 0 Å². The molecule has 8 heteroatoms. The fourth-order valence-corrected chi connectivity index (χ4v) is 8.19. The van der Waals surface area contributed by atoms with Crippen molar-refractivity contribution in [2.75, 3.05) is 6.61 Å². The van der Waals surface area contributed by atoms with Gasteiger partial charge in [0.05, 0.1) is 12.0 Å². The summed E-state index contributed by atoms with van der Waals surface area (Å²) in [6.45, 7) is 10.2. The summed E-state index contributed by atoms with van der Waals surface area (Å²) in [6.07, 6.45) is 5.95. The van der Waals surface area contributed by atoms with E-state index in [1.165, 1.54) is 6.92 Å². The van der Waals surface area contributed by atoms with Crippen LogP contribution in [0.15, 0.2) is 23.3 Å². The maximum atomic E-state index is 14.6. The van der Waals surface area contributed by atoms with E-state index in [0.717, 1.165) is 32.1 Å². The SMILES string of the molecule is CCCCCCCC(=O)O[C@@]12C[C@@H](C)[C@]34C=C(C)[C@H](OC(C)=O)[C@@]3(O)[C@H](O)C(CO)=C[C@H](C4=O)[C@@H]1C2(C)C. The molecule has 8 nitrogen and oxygen atoms in total. The minimum atomic E-state index is -2.21. The number of ether oxygens (including phenoxy) is 2. The lowest BCUT2D eigenvalue weighted by Crippen LogP contribution is -2.66. The van der Waals surface area contributed by atoms with Gasteiger partial charge in [0, 0.05) is 30.6 Å². The van der Waals surface area contributed by atoms with Crippen LogP contribution in [0.1, 0.15) is 86.5 Å². The lowest BCUT2D eigenvalue weighted by atomic mass is 9.59. The molecule has 2 saturated carbocycles. The quantitative estimate of drug-likeness (QED) is 0.234. The van der Waals surface area contributed by atoms with Crippen molar-refractivity contribution in [3.05, 3.63) is 23.3 Å². The van der Waals surface area contributed by atoms with Crippen molar-refractivity contribution >= 4 is 17.7 Å². The van der Waals surface area contributed by atoms with Crippen molar-refractivity contribution in [2.45, 2.75) is 110 Å². The third-order valence-electron chi connectivity index (χ3n) is 10.1. The highest BCUT2D eigenvalue weighted by atomic mass is 16.6. The lowest BCUT2D eigenvalue weighted by molar-refractivity contribution is -0.203. The zero-order chi connectivity index (χ0) is 28.3. The number of hydrogen-bond donors (Lipinski definition) is 3. The summed E-state index contributed by atoms with van der Waals surface area (Å²) in [4.78, 5) is 39.7. The highest BCUT2D eigenvalue weighted by Crippen LogP contribution is 2.75. The number of carbonyl (C=O) groups excluding carboxylic acids is 3. The summed E-state index contributed by atoms with van der Waals surface area (Å²) in [5, 5.41) is 34.1. The molecule has 3 N–H and O–H groups in total. The first-order valence-corrected chi connectivity index (χ1v) is 14.1. The zero-order valence-electron chi connectivity index (χ0n) is 23.6. The van der Waals surface area contributed by atoms with Crippen molar-refractivity contribution in [1.82, 2.24) is 0 Å². The first-order chi connectivity index (χ1) is 17.8. The summed E-state index contributed by atoms with van der Waals surface area (Å²) >= 11 is 0. The Kier molecular flexibility index (Phi) is 7.52. The number of aliphatic hydroxyl groups is 3. The number of hydrogen-bond acceptors (Lipinski definition) is 8. The van der Waals surface area contributed by atoms with Crippen molar-refractivity contribution in [2.24, 2.45) is 28.6 Å². The number of ketones is 1. The van der Waals surface area contributed by atoms with Gasteiger partial charge in [0.2, 0.25) is 0 Å². The summed E-state index contributed by atoms with van der Waals surface area (Å²) in [5.74, 6) is -3.01. The molecule has 8 atom stereocenters. The van der Waals surface area contributed by atoms with Crippen molar-refractivity contribution in [3.8, 4) is 0 Å². The number of allylic oxidation sites excluding steroid dienone is 1. The van der Waals surface area contributed by atoms with Crippen LogP contribution in [-0.2, 0) is 23.9 Å². The van der Waals surface area contributed by atoms with Crippen LogP contribution in [0.3, 0.4) is 0 Å². The Morgan fingerprint density at radius 3 is 2.42 bits per heavy atom. The van der Waals surface area contributed by atoms with Gasteiger partial charge < -0.3 is 24.8 Å². The van der Waals surface area contributed by atoms with Crippen molar-refractivity contribution in [3.63, 3.8) is 0 Å². The monoisotopic (exact) mass is 532 g/mol. The van der Waals surface area contributed by atoms with Gasteiger partial charge in [0.1, 0.15) is 11.7 Å². The first kappa shape index (κ1) is 29.0. The molecular weight excluding hydrogens is 488 g/mol. The Morgan fingerprint density at radius 2 is 1.82 bits per heavy atom. The number of carbonyl (C=O) groups is 3. The fourth-order valence-electron chi connectivity index (χ4n) is 8.19. The van der Waals surface area contributed by atoms with Crippen LogP contribution in [0, 0.1) is 28.6 Å². The topological polar surface area (TPSA) is 130 Å². The van der Waals surface area contributed by atoms with Crippen molar-refractivity contribution < 1.29 is 39.2 Å². The van der Waals surface area contributed by atoms with E-state index in [2.05, 4.69) is 6.92 Å². The normalized spacial score (nSPS) is 40.7. The molecule has 0 aliphatic heterocycles. The first-order valence-electron chi connectivity index (χ1n) is 14.1. The maximum absolute atomic E-state index is 14.6. The summed E-state index contributed by atoms with van der Waals surface area (Å²) in [7, 11) is 0. The number of rotatable bonds is 9. The highest BCUT2D eigenvalue weighted by Gasteiger charge is 2.83. The van der Waals surface area contributed by atoms with Gasteiger partial charge in [-0.3, -0.25) is 14.4 Å². The summed E-state index contributed by atoms with van der Waals surface area (Å²) < 4.78 is 11.8. The maximum Gasteiger partial charge on any atom is 0.306 e. The Bertz CT molecular complexity index is 1060. The largest absolute Gasteiger partial charge is 0.458 e. The molecule has 0 aromatic heterocycles. The predicted molar refractivity (Wildman–Crippen MR) is 140 cm³/mol. The van der Waals surface area contributed by atoms with Crippen LogP contribution < -0.4 is 0 Å². The second-order valence-corrected chi connectivity index (χ2v) is 12.6. The summed E-state index contributed by atoms with van der Waals surface area (Å²) in [6, 6.07) is 0. The van der Waals surface area contributed by atoms with Gasteiger partial charge in [-0.1, -0.05) is 65.5 Å². The van der Waals surface area contributed by atoms with Gasteiger partial charge >= 0.3 is 11.9 Å². The van der Waals surface area contributed by atoms with Crippen LogP contribution in [0.4, 0.5) is 0 Å². The molecule has 2 fully saturated rings. The molecule has 0 unspecified atom stereocenters. The number of aliphatic hydroxyl groups excluding tert-OH is 2. The number of unbranched alkanes of at least 4 members (excludes halogenated alkanes) is 4. The second kappa shape index (κ2) is 9.86. The molecule has 212 valence electrons. The van der Waals surface area contributed by atoms with E-state index >= 15 is 0 Å². The molecule has 38 heavy (non-hydrogen) atoms. The Labute approximate surface area is 225 Å². The van der Waals surface area contributed by atoms with Gasteiger partial charge in [-0.05, 0) is 36.8 Å². The molecule has 0 aromatic rings. The van der Waals surface area contributed by atoms with Crippen LogP contribution >= 0.6 is 0 Å². The third-order valence-corrected chi connectivity index (χ3v) is 10.1. The minimum absolute atomic E-state index is 0.0981. The van der Waals surface area contributed by atoms with Crippen molar-refractivity contribution in [1.29, 1.82) is 0 Å². The molecule has 4 aliphatic carbocycles. The molecule has 0 aromatic carbocycles. The Balaban J connectivity index is 1.77. The third kappa shape index (κ3) is 3.85. The Morgan fingerprint density at radius 1 is 1.16 bits per heavy atom. The predicted octanol–water partition coefficient (Wildman–Crippen LogP) is 3.41. The highest BCUT2D eigenvalue weighted by molar-refractivity contribution is 5.96. The van der Waals surface area contributed by atoms with Crippen LogP contribution in [0.5, 0.6) is 0 Å². The molecule has 0 saturated heterocycles. The van der Waals surface area contributed by atoms with Gasteiger partial charge in [0.25, 0.3) is 0 Å². The van der Waals surface area contributed by atoms with E-state index in [-0.39, 0.29) is 23.2 Å². The lowest BCUT2D eigenvalue weighted by Gasteiger charge is -2.49. The van der Waals surface area contributed by atoms with E-state index in [1.807, 2.05) is 20.8 Å². The van der Waals surface area contributed by atoms with Crippen LogP contribution in [-0.4, -0.2) is 63.1 Å². The molecule has 4 rings (SSSR count). The zero-order valence-corrected chi connectivity index (χ0v) is 23.6.